The van der Waals surface area contributed by atoms with Gasteiger partial charge in [0.1, 0.15) is 23.5 Å². The van der Waals surface area contributed by atoms with Gasteiger partial charge in [0, 0.05) is 12.0 Å². The Labute approximate surface area is 176 Å². The van der Waals surface area contributed by atoms with E-state index in [4.69, 9.17) is 19.0 Å². The lowest BCUT2D eigenvalue weighted by molar-refractivity contribution is -0.139. The van der Waals surface area contributed by atoms with Crippen LogP contribution in [0.3, 0.4) is 0 Å². The van der Waals surface area contributed by atoms with Gasteiger partial charge in [-0.25, -0.2) is 9.78 Å². The van der Waals surface area contributed by atoms with Crippen LogP contribution in [0.25, 0.3) is 11.3 Å². The number of benzene rings is 2. The summed E-state index contributed by atoms with van der Waals surface area (Å²) in [6, 6.07) is 10.3. The van der Waals surface area contributed by atoms with Gasteiger partial charge in [-0.3, -0.25) is 0 Å². The molecule has 2 aromatic carbocycles. The summed E-state index contributed by atoms with van der Waals surface area (Å²) in [5.41, 5.74) is 0.0853. The number of carboxylic acid groups (broad SMARTS) is 1. The number of hydrogen-bond donors (Lipinski definition) is 1. The number of oxazole rings is 1. The van der Waals surface area contributed by atoms with Crippen molar-refractivity contribution < 1.29 is 37.0 Å². The van der Waals surface area contributed by atoms with Crippen LogP contribution in [0.4, 0.5) is 13.2 Å². The lowest BCUT2D eigenvalue weighted by atomic mass is 10.1. The van der Waals surface area contributed by atoms with Gasteiger partial charge in [-0.05, 0) is 43.2 Å². The summed E-state index contributed by atoms with van der Waals surface area (Å²) in [7, 11) is 0. The molecule has 0 saturated heterocycles. The fourth-order valence-corrected chi connectivity index (χ4v) is 2.93. The third-order valence-electron chi connectivity index (χ3n) is 4.36. The Morgan fingerprint density at radius 2 is 1.94 bits per heavy atom. The van der Waals surface area contributed by atoms with Crippen LogP contribution in [0.15, 0.2) is 53.1 Å². The zero-order valence-corrected chi connectivity index (χ0v) is 16.6. The van der Waals surface area contributed by atoms with Crippen LogP contribution in [-0.2, 0) is 17.4 Å². The van der Waals surface area contributed by atoms with Gasteiger partial charge >= 0.3 is 12.1 Å². The fourth-order valence-electron chi connectivity index (χ4n) is 2.93. The molecular weight excluding hydrogens is 415 g/mol. The topological polar surface area (TPSA) is 81.8 Å². The molecule has 0 spiro atoms. The van der Waals surface area contributed by atoms with Crippen molar-refractivity contribution >= 4 is 5.97 Å². The van der Waals surface area contributed by atoms with Gasteiger partial charge in [0.05, 0.1) is 12.2 Å². The summed E-state index contributed by atoms with van der Waals surface area (Å²) in [5.74, 6) is 0.314. The van der Waals surface area contributed by atoms with Gasteiger partial charge in [0.25, 0.3) is 0 Å². The van der Waals surface area contributed by atoms with Gasteiger partial charge in [-0.15, -0.1) is 0 Å². The number of aliphatic carboxylic acids is 1. The highest BCUT2D eigenvalue weighted by atomic mass is 19.4. The molecule has 0 aliphatic rings. The van der Waals surface area contributed by atoms with E-state index in [2.05, 4.69) is 4.98 Å². The number of carboxylic acids is 1. The predicted octanol–water partition coefficient (Wildman–Crippen LogP) is 5.14. The minimum absolute atomic E-state index is 0.0260. The standard InChI is InChI=1S/C22H20F3NO5/c1-14-11-15(8-9-19(14)30-13-21(27)28)29-10-4-7-20-26-18(12-31-20)16-5-2-3-6-17(16)22(23,24)25/h2-3,5-6,8-9,11-12H,4,7,10,13H2,1H3,(H,27,28). The molecule has 0 saturated carbocycles. The van der Waals surface area contributed by atoms with E-state index in [9.17, 15) is 18.0 Å². The molecule has 3 rings (SSSR count). The Morgan fingerprint density at radius 3 is 2.65 bits per heavy atom. The van der Waals surface area contributed by atoms with Gasteiger partial charge < -0.3 is 19.0 Å². The maximum Gasteiger partial charge on any atom is 0.417 e. The van der Waals surface area contributed by atoms with Crippen LogP contribution >= 0.6 is 0 Å². The number of aromatic nitrogens is 1. The number of aryl methyl sites for hydroxylation is 2. The third-order valence-corrected chi connectivity index (χ3v) is 4.36. The molecule has 1 N–H and O–H groups in total. The summed E-state index contributed by atoms with van der Waals surface area (Å²) in [5, 5.41) is 8.66. The molecule has 0 unspecified atom stereocenters. The Balaban J connectivity index is 1.53. The number of nitrogens with zero attached hydrogens (tertiary/aromatic N) is 1. The van der Waals surface area contributed by atoms with Crippen molar-refractivity contribution in [3.63, 3.8) is 0 Å². The molecule has 0 bridgehead atoms. The molecule has 3 aromatic rings. The Kier molecular flexibility index (Phi) is 6.84. The molecule has 0 aliphatic heterocycles. The van der Waals surface area contributed by atoms with E-state index in [1.54, 1.807) is 25.1 Å². The first-order valence-corrected chi connectivity index (χ1v) is 9.43. The van der Waals surface area contributed by atoms with Crippen LogP contribution in [0.5, 0.6) is 11.5 Å². The molecule has 6 nitrogen and oxygen atoms in total. The SMILES string of the molecule is Cc1cc(OCCCc2nc(-c3ccccc3C(F)(F)F)co2)ccc1OCC(=O)O. The van der Waals surface area contributed by atoms with Crippen LogP contribution < -0.4 is 9.47 Å². The van der Waals surface area contributed by atoms with Gasteiger partial charge in [0.15, 0.2) is 12.5 Å². The van der Waals surface area contributed by atoms with Crippen molar-refractivity contribution in [1.82, 2.24) is 4.98 Å². The molecule has 9 heteroatoms. The Hall–Kier alpha value is -3.49. The van der Waals surface area contributed by atoms with E-state index in [1.807, 2.05) is 0 Å². The lowest BCUT2D eigenvalue weighted by Crippen LogP contribution is -2.10. The molecule has 0 radical (unpaired) electrons. The monoisotopic (exact) mass is 435 g/mol. The molecule has 0 amide bonds. The van der Waals surface area contributed by atoms with Crippen molar-refractivity contribution in [2.45, 2.75) is 25.9 Å². The van der Waals surface area contributed by atoms with Gasteiger partial charge in [0.2, 0.25) is 0 Å². The molecule has 0 atom stereocenters. The number of hydrogen-bond acceptors (Lipinski definition) is 5. The van der Waals surface area contributed by atoms with E-state index < -0.39 is 24.3 Å². The molecule has 1 aromatic heterocycles. The minimum Gasteiger partial charge on any atom is -0.494 e. The quantitative estimate of drug-likeness (QED) is 0.469. The van der Waals surface area contributed by atoms with Crippen molar-refractivity contribution in [3.8, 4) is 22.8 Å². The molecule has 0 fully saturated rings. The average molecular weight is 435 g/mol. The van der Waals surface area contributed by atoms with E-state index >= 15 is 0 Å². The molecule has 1 heterocycles. The number of carbonyl (C=O) groups is 1. The van der Waals surface area contributed by atoms with E-state index in [1.165, 1.54) is 24.5 Å². The number of alkyl halides is 3. The van der Waals surface area contributed by atoms with Crippen LogP contribution in [0.2, 0.25) is 0 Å². The van der Waals surface area contributed by atoms with E-state index in [0.717, 1.165) is 11.6 Å². The van der Waals surface area contributed by atoms with Crippen molar-refractivity contribution in [2.75, 3.05) is 13.2 Å². The maximum atomic E-state index is 13.2. The lowest BCUT2D eigenvalue weighted by Gasteiger charge is -2.10. The molecule has 164 valence electrons. The van der Waals surface area contributed by atoms with Crippen LogP contribution in [-0.4, -0.2) is 29.3 Å². The Bertz CT molecular complexity index is 1050. The second kappa shape index (κ2) is 9.55. The first-order valence-electron chi connectivity index (χ1n) is 9.43. The third kappa shape index (κ3) is 6.00. The minimum atomic E-state index is -4.48. The summed E-state index contributed by atoms with van der Waals surface area (Å²) < 4.78 is 55.7. The number of halogens is 3. The van der Waals surface area contributed by atoms with Gasteiger partial charge in [-0.1, -0.05) is 18.2 Å². The highest BCUT2D eigenvalue weighted by molar-refractivity contribution is 5.68. The summed E-state index contributed by atoms with van der Waals surface area (Å²) in [4.78, 5) is 14.7. The molecule has 31 heavy (non-hydrogen) atoms. The summed E-state index contributed by atoms with van der Waals surface area (Å²) in [6.45, 7) is 1.69. The number of rotatable bonds is 9. The highest BCUT2D eigenvalue weighted by Gasteiger charge is 2.34. The zero-order chi connectivity index (χ0) is 22.4. The molecule has 0 aliphatic carbocycles. The first kappa shape index (κ1) is 22.2. The summed E-state index contributed by atoms with van der Waals surface area (Å²) >= 11 is 0. The number of ether oxygens (including phenoxy) is 2. The van der Waals surface area contributed by atoms with Crippen molar-refractivity contribution in [1.29, 1.82) is 0 Å². The molecular formula is C22H20F3NO5. The second-order valence-corrected chi connectivity index (χ2v) is 6.73. The van der Waals surface area contributed by atoms with Crippen molar-refractivity contribution in [3.05, 3.63) is 65.7 Å². The highest BCUT2D eigenvalue weighted by Crippen LogP contribution is 2.36. The fraction of sp³-hybridized carbons (Fsp3) is 0.273. The second-order valence-electron chi connectivity index (χ2n) is 6.73. The largest absolute Gasteiger partial charge is 0.494 e. The summed E-state index contributed by atoms with van der Waals surface area (Å²) in [6.07, 6.45) is -2.32. The maximum absolute atomic E-state index is 13.2. The van der Waals surface area contributed by atoms with Crippen molar-refractivity contribution in [2.24, 2.45) is 0 Å². The van der Waals surface area contributed by atoms with E-state index in [-0.39, 0.29) is 11.3 Å². The van der Waals surface area contributed by atoms with E-state index in [0.29, 0.717) is 36.8 Å². The average Bonchev–Trinajstić information content (AvgIpc) is 3.18. The van der Waals surface area contributed by atoms with Crippen LogP contribution in [0.1, 0.15) is 23.4 Å². The predicted molar refractivity (Wildman–Crippen MR) is 105 cm³/mol. The van der Waals surface area contributed by atoms with Gasteiger partial charge in [-0.2, -0.15) is 13.2 Å². The smallest absolute Gasteiger partial charge is 0.417 e. The normalized spacial score (nSPS) is 11.4. The zero-order valence-electron chi connectivity index (χ0n) is 16.6. The van der Waals surface area contributed by atoms with Crippen LogP contribution in [0, 0.1) is 6.92 Å². The Morgan fingerprint density at radius 1 is 1.16 bits per heavy atom. The first-order chi connectivity index (χ1) is 14.7.